The molecule has 0 amide bonds. The van der Waals surface area contributed by atoms with Gasteiger partial charge in [-0.1, -0.05) is 40.6 Å². The summed E-state index contributed by atoms with van der Waals surface area (Å²) in [6, 6.07) is 7.22. The summed E-state index contributed by atoms with van der Waals surface area (Å²) in [5.74, 6) is 0. The van der Waals surface area contributed by atoms with Crippen LogP contribution in [-0.4, -0.2) is 38.0 Å². The van der Waals surface area contributed by atoms with Crippen LogP contribution in [0.25, 0.3) is 21.6 Å². The lowest BCUT2D eigenvalue weighted by Crippen LogP contribution is -2.31. The zero-order chi connectivity index (χ0) is 18.8. The van der Waals surface area contributed by atoms with Gasteiger partial charge in [-0.2, -0.15) is 5.10 Å². The van der Waals surface area contributed by atoms with E-state index in [1.54, 1.807) is 18.5 Å². The standard InChI is InChI=1S/C17H15Cl2N7S/c18-11-2-1-9(13(19)5-11)3-12(20)7-22-17-26-25-16(27-17)14-4-10-6-23-24-15(10)8-21-14/h1-2,4-6,8,12H,3,7,20H2,(H,22,26)(H,23,24)/t12-/m1/s1. The van der Waals surface area contributed by atoms with E-state index in [2.05, 4.69) is 30.7 Å². The SMILES string of the molecule is N[C@@H](CNc1nnc(-c2cc3cn[nH]c3cn2)s1)Cc1ccc(Cl)cc1Cl. The van der Waals surface area contributed by atoms with Crippen molar-refractivity contribution in [1.29, 1.82) is 0 Å². The van der Waals surface area contributed by atoms with Gasteiger partial charge in [-0.3, -0.25) is 10.1 Å². The van der Waals surface area contributed by atoms with Gasteiger partial charge in [0, 0.05) is 28.0 Å². The average Bonchev–Trinajstić information content (AvgIpc) is 3.30. The molecule has 1 aromatic carbocycles. The topological polar surface area (TPSA) is 105 Å². The molecule has 7 nitrogen and oxygen atoms in total. The monoisotopic (exact) mass is 419 g/mol. The Morgan fingerprint density at radius 2 is 2.07 bits per heavy atom. The maximum atomic E-state index is 6.21. The smallest absolute Gasteiger partial charge is 0.206 e. The van der Waals surface area contributed by atoms with Crippen molar-refractivity contribution in [3.63, 3.8) is 0 Å². The summed E-state index contributed by atoms with van der Waals surface area (Å²) in [5, 5.41) is 22.1. The van der Waals surface area contributed by atoms with Crippen molar-refractivity contribution in [3.05, 3.63) is 52.3 Å². The van der Waals surface area contributed by atoms with Crippen LogP contribution in [0.15, 0.2) is 36.7 Å². The summed E-state index contributed by atoms with van der Waals surface area (Å²) in [5.41, 5.74) is 8.81. The molecule has 0 aliphatic heterocycles. The molecular formula is C17H15Cl2N7S. The lowest BCUT2D eigenvalue weighted by atomic mass is 10.1. The van der Waals surface area contributed by atoms with Crippen LogP contribution in [0.3, 0.4) is 0 Å². The molecule has 0 radical (unpaired) electrons. The summed E-state index contributed by atoms with van der Waals surface area (Å²) in [6.07, 6.45) is 4.12. The fraction of sp³-hybridized carbons (Fsp3) is 0.176. The Morgan fingerprint density at radius 3 is 2.93 bits per heavy atom. The second-order valence-corrected chi connectivity index (χ2v) is 7.84. The maximum absolute atomic E-state index is 6.21. The van der Waals surface area contributed by atoms with Crippen LogP contribution < -0.4 is 11.1 Å². The van der Waals surface area contributed by atoms with Crippen LogP contribution in [0, 0.1) is 0 Å². The van der Waals surface area contributed by atoms with E-state index >= 15 is 0 Å². The van der Waals surface area contributed by atoms with Gasteiger partial charge in [0.15, 0.2) is 5.01 Å². The van der Waals surface area contributed by atoms with Gasteiger partial charge in [0.1, 0.15) is 5.69 Å². The Balaban J connectivity index is 1.38. The predicted molar refractivity (Wildman–Crippen MR) is 109 cm³/mol. The Kier molecular flexibility index (Phi) is 5.22. The third-order valence-electron chi connectivity index (χ3n) is 3.98. The molecule has 4 rings (SSSR count). The van der Waals surface area contributed by atoms with Gasteiger partial charge in [0.2, 0.25) is 5.13 Å². The van der Waals surface area contributed by atoms with E-state index in [0.29, 0.717) is 28.1 Å². The molecule has 0 aliphatic carbocycles. The number of rotatable bonds is 6. The lowest BCUT2D eigenvalue weighted by molar-refractivity contribution is 0.698. The van der Waals surface area contributed by atoms with Crippen LogP contribution in [0.4, 0.5) is 5.13 Å². The molecule has 0 aliphatic rings. The van der Waals surface area contributed by atoms with Crippen molar-refractivity contribution < 1.29 is 0 Å². The normalized spacial score (nSPS) is 12.4. The number of aromatic nitrogens is 5. The first-order valence-corrected chi connectivity index (χ1v) is 9.72. The first-order valence-electron chi connectivity index (χ1n) is 8.15. The number of anilines is 1. The number of fused-ring (bicyclic) bond motifs is 1. The fourth-order valence-corrected chi connectivity index (χ4v) is 3.82. The second kappa shape index (κ2) is 7.77. The maximum Gasteiger partial charge on any atom is 0.206 e. The van der Waals surface area contributed by atoms with E-state index in [0.717, 1.165) is 27.2 Å². The predicted octanol–water partition coefficient (Wildman–Crippen LogP) is 3.77. The number of nitrogens with one attached hydrogen (secondary N) is 2. The summed E-state index contributed by atoms with van der Waals surface area (Å²) in [7, 11) is 0. The van der Waals surface area contributed by atoms with Crippen LogP contribution in [0.1, 0.15) is 5.56 Å². The number of pyridine rings is 1. The van der Waals surface area contributed by atoms with E-state index in [1.807, 2.05) is 18.2 Å². The molecule has 0 saturated heterocycles. The number of nitrogens with two attached hydrogens (primary N) is 1. The molecule has 0 saturated carbocycles. The minimum Gasteiger partial charge on any atom is -0.359 e. The van der Waals surface area contributed by atoms with Crippen molar-refractivity contribution in [2.45, 2.75) is 12.5 Å². The molecule has 0 spiro atoms. The number of hydrogen-bond acceptors (Lipinski definition) is 7. The molecule has 3 aromatic heterocycles. The van der Waals surface area contributed by atoms with E-state index in [4.69, 9.17) is 28.9 Å². The first kappa shape index (κ1) is 18.1. The van der Waals surface area contributed by atoms with Crippen molar-refractivity contribution in [3.8, 4) is 10.7 Å². The summed E-state index contributed by atoms with van der Waals surface area (Å²) < 4.78 is 0. The van der Waals surface area contributed by atoms with Gasteiger partial charge in [-0.15, -0.1) is 10.2 Å². The van der Waals surface area contributed by atoms with Crippen molar-refractivity contribution in [2.24, 2.45) is 5.73 Å². The Labute approximate surface area is 168 Å². The molecular weight excluding hydrogens is 405 g/mol. The highest BCUT2D eigenvalue weighted by atomic mass is 35.5. The number of aromatic amines is 1. The minimum atomic E-state index is -0.128. The van der Waals surface area contributed by atoms with Crippen LogP contribution >= 0.6 is 34.5 Å². The molecule has 0 bridgehead atoms. The molecule has 138 valence electrons. The second-order valence-electron chi connectivity index (χ2n) is 6.02. The summed E-state index contributed by atoms with van der Waals surface area (Å²) in [6.45, 7) is 0.543. The number of hydrogen-bond donors (Lipinski definition) is 3. The molecule has 0 fully saturated rings. The van der Waals surface area contributed by atoms with E-state index in [9.17, 15) is 0 Å². The van der Waals surface area contributed by atoms with Crippen molar-refractivity contribution in [1.82, 2.24) is 25.4 Å². The van der Waals surface area contributed by atoms with Gasteiger partial charge in [0.25, 0.3) is 0 Å². The molecule has 27 heavy (non-hydrogen) atoms. The Hall–Kier alpha value is -2.26. The van der Waals surface area contributed by atoms with Crippen LogP contribution in [-0.2, 0) is 6.42 Å². The van der Waals surface area contributed by atoms with Crippen LogP contribution in [0.2, 0.25) is 10.0 Å². The van der Waals surface area contributed by atoms with Gasteiger partial charge < -0.3 is 11.1 Å². The molecule has 4 aromatic rings. The summed E-state index contributed by atoms with van der Waals surface area (Å²) in [4.78, 5) is 4.39. The van der Waals surface area contributed by atoms with Crippen molar-refractivity contribution in [2.75, 3.05) is 11.9 Å². The van der Waals surface area contributed by atoms with E-state index in [1.165, 1.54) is 11.3 Å². The highest BCUT2D eigenvalue weighted by molar-refractivity contribution is 7.18. The molecule has 4 N–H and O–H groups in total. The number of benzene rings is 1. The highest BCUT2D eigenvalue weighted by Crippen LogP contribution is 2.27. The zero-order valence-corrected chi connectivity index (χ0v) is 16.3. The van der Waals surface area contributed by atoms with Gasteiger partial charge in [-0.25, -0.2) is 0 Å². The van der Waals surface area contributed by atoms with Crippen molar-refractivity contribution >= 4 is 50.6 Å². The number of halogens is 2. The van der Waals surface area contributed by atoms with E-state index < -0.39 is 0 Å². The highest BCUT2D eigenvalue weighted by Gasteiger charge is 2.12. The third kappa shape index (κ3) is 4.19. The molecule has 0 unspecified atom stereocenters. The minimum absolute atomic E-state index is 0.128. The third-order valence-corrected chi connectivity index (χ3v) is 5.47. The van der Waals surface area contributed by atoms with Crippen LogP contribution in [0.5, 0.6) is 0 Å². The largest absolute Gasteiger partial charge is 0.359 e. The Morgan fingerprint density at radius 1 is 1.19 bits per heavy atom. The first-order chi connectivity index (χ1) is 13.1. The zero-order valence-electron chi connectivity index (χ0n) is 14.0. The average molecular weight is 420 g/mol. The summed E-state index contributed by atoms with van der Waals surface area (Å²) >= 11 is 13.5. The van der Waals surface area contributed by atoms with Gasteiger partial charge in [0.05, 0.1) is 17.9 Å². The quantitative estimate of drug-likeness (QED) is 0.439. The van der Waals surface area contributed by atoms with Gasteiger partial charge in [-0.05, 0) is 30.2 Å². The number of nitrogens with zero attached hydrogens (tertiary/aromatic N) is 4. The number of H-pyrrole nitrogens is 1. The van der Waals surface area contributed by atoms with E-state index in [-0.39, 0.29) is 6.04 Å². The van der Waals surface area contributed by atoms with Gasteiger partial charge >= 0.3 is 0 Å². The Bertz CT molecular complexity index is 1080. The lowest BCUT2D eigenvalue weighted by Gasteiger charge is -2.13. The molecule has 10 heteroatoms. The molecule has 3 heterocycles. The fourth-order valence-electron chi connectivity index (χ4n) is 2.62. The molecule has 1 atom stereocenters.